The number of hydrogen-bond acceptors (Lipinski definition) is 8. The highest BCUT2D eigenvalue weighted by atomic mass is 16.6. The molecule has 0 radical (unpaired) electrons. The number of carbonyl (C=O) groups excluding carboxylic acids is 2. The number of methoxy groups -OCH3 is 1. The molecule has 1 aliphatic rings. The van der Waals surface area contributed by atoms with E-state index in [-0.39, 0.29) is 5.76 Å². The zero-order valence-corrected chi connectivity index (χ0v) is 11.6. The minimum absolute atomic E-state index is 0.360. The minimum Gasteiger partial charge on any atom is -0.478 e. The molecule has 1 amide bonds. The summed E-state index contributed by atoms with van der Waals surface area (Å²) in [5.74, 6) is -1.75. The first-order chi connectivity index (χ1) is 9.81. The first-order valence-electron chi connectivity index (χ1n) is 6.20. The van der Waals surface area contributed by atoms with Crippen molar-refractivity contribution in [3.63, 3.8) is 0 Å². The Morgan fingerprint density at radius 2 is 2.10 bits per heavy atom. The molecule has 0 spiro atoms. The van der Waals surface area contributed by atoms with Crippen molar-refractivity contribution in [2.75, 3.05) is 13.7 Å². The standard InChI is InChI=1S/C12H19NO8/c1-5(15)13-9-6(16)3-8(12(19)20-2)21-11(9)10(18)7(17)4-14/h3,6-7,9-11,14,16-18H,4H2,1-2H3,(H,13,15)/t6?,7-,9?,10?,11?/m1/s1. The number of ether oxygens (including phenoxy) is 2. The van der Waals surface area contributed by atoms with Crippen molar-refractivity contribution >= 4 is 11.9 Å². The fourth-order valence-electron chi connectivity index (χ4n) is 1.94. The monoisotopic (exact) mass is 305 g/mol. The Bertz CT molecular complexity index is 423. The topological polar surface area (TPSA) is 146 Å². The summed E-state index contributed by atoms with van der Waals surface area (Å²) in [6, 6.07) is -1.10. The summed E-state index contributed by atoms with van der Waals surface area (Å²) >= 11 is 0. The molecular formula is C12H19NO8. The Kier molecular flexibility index (Phi) is 6.09. The SMILES string of the molecule is COC(=O)C1=CC(O)C(NC(C)=O)C(C(O)[C@H](O)CO)O1. The summed E-state index contributed by atoms with van der Waals surface area (Å²) in [5.41, 5.74) is 0. The van der Waals surface area contributed by atoms with Crippen LogP contribution in [0, 0.1) is 0 Å². The van der Waals surface area contributed by atoms with E-state index in [0.717, 1.165) is 13.2 Å². The Morgan fingerprint density at radius 1 is 1.48 bits per heavy atom. The van der Waals surface area contributed by atoms with Crippen LogP contribution in [0.3, 0.4) is 0 Å². The van der Waals surface area contributed by atoms with Gasteiger partial charge in [0.25, 0.3) is 0 Å². The maximum absolute atomic E-state index is 11.4. The van der Waals surface area contributed by atoms with E-state index in [1.165, 1.54) is 6.92 Å². The van der Waals surface area contributed by atoms with Crippen molar-refractivity contribution in [2.45, 2.75) is 37.4 Å². The fraction of sp³-hybridized carbons (Fsp3) is 0.667. The van der Waals surface area contributed by atoms with E-state index in [2.05, 4.69) is 10.1 Å². The molecule has 5 atom stereocenters. The van der Waals surface area contributed by atoms with Gasteiger partial charge in [0, 0.05) is 6.92 Å². The fourth-order valence-corrected chi connectivity index (χ4v) is 1.94. The van der Waals surface area contributed by atoms with Gasteiger partial charge in [0.2, 0.25) is 11.7 Å². The van der Waals surface area contributed by atoms with Gasteiger partial charge in [-0.25, -0.2) is 4.79 Å². The van der Waals surface area contributed by atoms with Crippen LogP contribution < -0.4 is 5.32 Å². The number of nitrogens with one attached hydrogen (secondary N) is 1. The summed E-state index contributed by atoms with van der Waals surface area (Å²) in [5, 5.41) is 40.6. The Labute approximate surface area is 120 Å². The van der Waals surface area contributed by atoms with Crippen LogP contribution in [0.25, 0.3) is 0 Å². The Hall–Kier alpha value is -1.68. The van der Waals surface area contributed by atoms with Gasteiger partial charge in [-0.1, -0.05) is 0 Å². The van der Waals surface area contributed by atoms with Crippen LogP contribution in [0.4, 0.5) is 0 Å². The average molecular weight is 305 g/mol. The molecule has 0 aliphatic carbocycles. The molecule has 9 heteroatoms. The van der Waals surface area contributed by atoms with E-state index in [4.69, 9.17) is 9.84 Å². The van der Waals surface area contributed by atoms with Gasteiger partial charge in [0.15, 0.2) is 6.10 Å². The second kappa shape index (κ2) is 7.36. The summed E-state index contributed by atoms with van der Waals surface area (Å²) < 4.78 is 9.64. The van der Waals surface area contributed by atoms with Crippen molar-refractivity contribution in [2.24, 2.45) is 0 Å². The molecule has 120 valence electrons. The van der Waals surface area contributed by atoms with Crippen LogP contribution in [0.2, 0.25) is 0 Å². The van der Waals surface area contributed by atoms with Crippen LogP contribution in [0.1, 0.15) is 6.92 Å². The molecule has 4 unspecified atom stereocenters. The smallest absolute Gasteiger partial charge is 0.373 e. The third kappa shape index (κ3) is 4.14. The molecule has 9 nitrogen and oxygen atoms in total. The molecule has 0 saturated heterocycles. The van der Waals surface area contributed by atoms with Gasteiger partial charge in [0.05, 0.1) is 19.8 Å². The van der Waals surface area contributed by atoms with E-state index in [1.807, 2.05) is 0 Å². The maximum Gasteiger partial charge on any atom is 0.373 e. The van der Waals surface area contributed by atoms with Crippen LogP contribution in [0.15, 0.2) is 11.8 Å². The lowest BCUT2D eigenvalue weighted by atomic mass is 9.94. The maximum atomic E-state index is 11.4. The van der Waals surface area contributed by atoms with Crippen molar-refractivity contribution in [3.05, 3.63) is 11.8 Å². The van der Waals surface area contributed by atoms with E-state index in [1.54, 1.807) is 0 Å². The lowest BCUT2D eigenvalue weighted by Gasteiger charge is -2.38. The predicted molar refractivity (Wildman–Crippen MR) is 67.7 cm³/mol. The highest BCUT2D eigenvalue weighted by Crippen LogP contribution is 2.23. The second-order valence-electron chi connectivity index (χ2n) is 4.56. The lowest BCUT2D eigenvalue weighted by Crippen LogP contribution is -2.59. The highest BCUT2D eigenvalue weighted by molar-refractivity contribution is 5.86. The summed E-state index contributed by atoms with van der Waals surface area (Å²) in [4.78, 5) is 22.6. The average Bonchev–Trinajstić information content (AvgIpc) is 2.46. The normalized spacial score (nSPS) is 27.9. The Morgan fingerprint density at radius 3 is 2.57 bits per heavy atom. The molecule has 0 aromatic heterocycles. The van der Waals surface area contributed by atoms with Crippen molar-refractivity contribution in [1.82, 2.24) is 5.32 Å². The third-order valence-corrected chi connectivity index (χ3v) is 2.98. The number of aliphatic hydroxyl groups is 4. The van der Waals surface area contributed by atoms with Gasteiger partial charge in [-0.05, 0) is 6.08 Å². The summed E-state index contributed by atoms with van der Waals surface area (Å²) in [6.45, 7) is 0.430. The molecule has 0 aromatic rings. The van der Waals surface area contributed by atoms with E-state index >= 15 is 0 Å². The molecule has 0 fully saturated rings. The minimum atomic E-state index is -1.64. The zero-order valence-electron chi connectivity index (χ0n) is 11.6. The van der Waals surface area contributed by atoms with Gasteiger partial charge < -0.3 is 35.2 Å². The third-order valence-electron chi connectivity index (χ3n) is 2.98. The summed E-state index contributed by atoms with van der Waals surface area (Å²) in [7, 11) is 1.10. The number of carbonyl (C=O) groups is 2. The van der Waals surface area contributed by atoms with Crippen LogP contribution in [-0.4, -0.2) is 76.5 Å². The molecule has 1 heterocycles. The molecule has 0 bridgehead atoms. The molecule has 0 saturated carbocycles. The van der Waals surface area contributed by atoms with Gasteiger partial charge in [-0.15, -0.1) is 0 Å². The predicted octanol–water partition coefficient (Wildman–Crippen LogP) is -2.98. The number of hydrogen-bond donors (Lipinski definition) is 5. The number of aliphatic hydroxyl groups excluding tert-OH is 4. The van der Waals surface area contributed by atoms with E-state index < -0.39 is 48.9 Å². The number of esters is 1. The van der Waals surface area contributed by atoms with Gasteiger partial charge >= 0.3 is 5.97 Å². The van der Waals surface area contributed by atoms with Crippen LogP contribution in [0.5, 0.6) is 0 Å². The Balaban J connectivity index is 3.05. The summed E-state index contributed by atoms with van der Waals surface area (Å²) in [6.07, 6.45) is -4.88. The van der Waals surface area contributed by atoms with E-state index in [0.29, 0.717) is 0 Å². The largest absolute Gasteiger partial charge is 0.478 e. The van der Waals surface area contributed by atoms with Crippen molar-refractivity contribution in [3.8, 4) is 0 Å². The van der Waals surface area contributed by atoms with Gasteiger partial charge in [-0.3, -0.25) is 4.79 Å². The molecule has 5 N–H and O–H groups in total. The molecule has 0 aromatic carbocycles. The van der Waals surface area contributed by atoms with Gasteiger partial charge in [0.1, 0.15) is 18.3 Å². The molecule has 1 rings (SSSR count). The van der Waals surface area contributed by atoms with Gasteiger partial charge in [-0.2, -0.15) is 0 Å². The molecular weight excluding hydrogens is 286 g/mol. The zero-order chi connectivity index (χ0) is 16.2. The molecule has 21 heavy (non-hydrogen) atoms. The number of rotatable bonds is 5. The lowest BCUT2D eigenvalue weighted by molar-refractivity contribution is -0.152. The highest BCUT2D eigenvalue weighted by Gasteiger charge is 2.43. The number of amides is 1. The quantitative estimate of drug-likeness (QED) is 0.338. The second-order valence-corrected chi connectivity index (χ2v) is 4.56. The van der Waals surface area contributed by atoms with Crippen molar-refractivity contribution in [1.29, 1.82) is 0 Å². The molecule has 1 aliphatic heterocycles. The van der Waals surface area contributed by atoms with Crippen molar-refractivity contribution < 1.29 is 39.5 Å². The first kappa shape index (κ1) is 17.4. The van der Waals surface area contributed by atoms with E-state index in [9.17, 15) is 24.9 Å². The van der Waals surface area contributed by atoms with Crippen LogP contribution in [-0.2, 0) is 19.1 Å². The first-order valence-corrected chi connectivity index (χ1v) is 6.20. The van der Waals surface area contributed by atoms with Crippen LogP contribution >= 0.6 is 0 Å².